The lowest BCUT2D eigenvalue weighted by Gasteiger charge is -2.30. The first-order valence-electron chi connectivity index (χ1n) is 8.94. The summed E-state index contributed by atoms with van der Waals surface area (Å²) in [6, 6.07) is 23.2. The van der Waals surface area contributed by atoms with Crippen LogP contribution in [0.15, 0.2) is 72.8 Å². The monoisotopic (exact) mass is 354 g/mol. The molecule has 27 heavy (non-hydrogen) atoms. The zero-order valence-corrected chi connectivity index (χ0v) is 14.8. The topological polar surface area (TPSA) is 49.7 Å². The second kappa shape index (κ2) is 5.78. The minimum atomic E-state index is -0.0465. The van der Waals surface area contributed by atoms with Gasteiger partial charge in [0.05, 0.1) is 0 Å². The number of phenolic OH excluding ortho intramolecular Hbond substituents is 2. The van der Waals surface area contributed by atoms with Gasteiger partial charge < -0.3 is 14.9 Å². The summed E-state index contributed by atoms with van der Waals surface area (Å²) in [5.41, 5.74) is 4.41. The molecule has 0 atom stereocenters. The fraction of sp³-hybridized carbons (Fsp3) is 0.0833. The second-order valence-electron chi connectivity index (χ2n) is 7.00. The van der Waals surface area contributed by atoms with Gasteiger partial charge in [0.2, 0.25) is 0 Å². The van der Waals surface area contributed by atoms with Crippen LogP contribution in [0.1, 0.15) is 28.2 Å². The third kappa shape index (κ3) is 2.43. The average molecular weight is 354 g/mol. The fourth-order valence-corrected chi connectivity index (χ4v) is 4.12. The van der Waals surface area contributed by atoms with Crippen LogP contribution in [0.2, 0.25) is 0 Å². The molecule has 4 aromatic rings. The third-order valence-corrected chi connectivity index (χ3v) is 5.29. The molecule has 0 bridgehead atoms. The van der Waals surface area contributed by atoms with Crippen LogP contribution in [0.25, 0.3) is 10.8 Å². The summed E-state index contributed by atoms with van der Waals surface area (Å²) >= 11 is 0. The van der Waals surface area contributed by atoms with Crippen LogP contribution in [0.5, 0.6) is 23.0 Å². The van der Waals surface area contributed by atoms with Gasteiger partial charge in [0.1, 0.15) is 23.0 Å². The average Bonchev–Trinajstić information content (AvgIpc) is 2.65. The minimum Gasteiger partial charge on any atom is -0.508 e. The van der Waals surface area contributed by atoms with Crippen LogP contribution < -0.4 is 4.74 Å². The smallest absolute Gasteiger partial charge is 0.135 e. The maximum Gasteiger partial charge on any atom is 0.135 e. The van der Waals surface area contributed by atoms with E-state index >= 15 is 0 Å². The first-order chi connectivity index (χ1) is 13.1. The molecule has 3 heteroatoms. The molecule has 0 fully saturated rings. The summed E-state index contributed by atoms with van der Waals surface area (Å²) in [4.78, 5) is 0. The Morgan fingerprint density at radius 1 is 0.704 bits per heavy atom. The van der Waals surface area contributed by atoms with Gasteiger partial charge in [0.25, 0.3) is 0 Å². The predicted octanol–water partition coefficient (Wildman–Crippen LogP) is 5.85. The standard InChI is InChI=1S/C24H18O3/c1-14-4-2-5-15-6-3-7-20(23(14)15)24-18-10-8-16(25)12-21(18)27-22-13-17(26)9-11-19(22)24/h2-13,24-26H,1H3. The molecule has 3 nitrogen and oxygen atoms in total. The number of benzene rings is 4. The van der Waals surface area contributed by atoms with E-state index in [2.05, 4.69) is 43.3 Å². The molecule has 1 aliphatic rings. The second-order valence-corrected chi connectivity index (χ2v) is 7.00. The number of phenols is 2. The summed E-state index contributed by atoms with van der Waals surface area (Å²) in [5.74, 6) is 1.50. The molecule has 0 saturated carbocycles. The van der Waals surface area contributed by atoms with Gasteiger partial charge in [-0.2, -0.15) is 0 Å². The first-order valence-corrected chi connectivity index (χ1v) is 8.94. The predicted molar refractivity (Wildman–Crippen MR) is 106 cm³/mol. The molecule has 0 spiro atoms. The summed E-state index contributed by atoms with van der Waals surface area (Å²) in [5, 5.41) is 22.3. The van der Waals surface area contributed by atoms with Gasteiger partial charge in [-0.3, -0.25) is 0 Å². The Morgan fingerprint density at radius 2 is 1.30 bits per heavy atom. The molecule has 1 aliphatic heterocycles. The van der Waals surface area contributed by atoms with E-state index in [0.29, 0.717) is 11.5 Å². The molecule has 2 N–H and O–H groups in total. The normalized spacial score (nSPS) is 13.1. The van der Waals surface area contributed by atoms with Crippen LogP contribution in [0.4, 0.5) is 0 Å². The fourth-order valence-electron chi connectivity index (χ4n) is 4.12. The Kier molecular flexibility index (Phi) is 3.37. The highest BCUT2D eigenvalue weighted by molar-refractivity contribution is 5.90. The highest BCUT2D eigenvalue weighted by Gasteiger charge is 2.30. The van der Waals surface area contributed by atoms with Crippen molar-refractivity contribution in [2.75, 3.05) is 0 Å². The van der Waals surface area contributed by atoms with Crippen LogP contribution in [0, 0.1) is 6.92 Å². The Bertz CT molecular complexity index is 1140. The quantitative estimate of drug-likeness (QED) is 0.397. The van der Waals surface area contributed by atoms with Crippen LogP contribution in [-0.4, -0.2) is 10.2 Å². The van der Waals surface area contributed by atoms with Gasteiger partial charge in [-0.1, -0.05) is 48.5 Å². The van der Waals surface area contributed by atoms with Crippen molar-refractivity contribution in [3.63, 3.8) is 0 Å². The van der Waals surface area contributed by atoms with Crippen LogP contribution in [-0.2, 0) is 0 Å². The molecule has 0 amide bonds. The van der Waals surface area contributed by atoms with Gasteiger partial charge in [0.15, 0.2) is 0 Å². The Hall–Kier alpha value is -3.46. The number of hydrogen-bond acceptors (Lipinski definition) is 3. The van der Waals surface area contributed by atoms with Crippen molar-refractivity contribution in [3.8, 4) is 23.0 Å². The molecule has 0 aliphatic carbocycles. The summed E-state index contributed by atoms with van der Waals surface area (Å²) in [6.45, 7) is 2.13. The van der Waals surface area contributed by atoms with E-state index in [1.54, 1.807) is 24.3 Å². The van der Waals surface area contributed by atoms with Crippen molar-refractivity contribution in [1.82, 2.24) is 0 Å². The third-order valence-electron chi connectivity index (χ3n) is 5.29. The van der Waals surface area contributed by atoms with Crippen molar-refractivity contribution in [1.29, 1.82) is 0 Å². The summed E-state index contributed by atoms with van der Waals surface area (Å²) in [7, 11) is 0. The Labute approximate surface area is 157 Å². The molecule has 1 heterocycles. The highest BCUT2D eigenvalue weighted by atomic mass is 16.5. The number of rotatable bonds is 1. The van der Waals surface area contributed by atoms with E-state index in [1.165, 1.54) is 21.9 Å². The van der Waals surface area contributed by atoms with Crippen molar-refractivity contribution in [2.24, 2.45) is 0 Å². The number of aromatic hydroxyl groups is 2. The lowest BCUT2D eigenvalue weighted by atomic mass is 9.80. The Balaban J connectivity index is 1.86. The van der Waals surface area contributed by atoms with E-state index in [0.717, 1.165) is 11.1 Å². The van der Waals surface area contributed by atoms with Gasteiger partial charge in [-0.15, -0.1) is 0 Å². The zero-order chi connectivity index (χ0) is 18.5. The van der Waals surface area contributed by atoms with Crippen molar-refractivity contribution >= 4 is 10.8 Å². The molecule has 132 valence electrons. The van der Waals surface area contributed by atoms with E-state index in [4.69, 9.17) is 4.74 Å². The first kappa shape index (κ1) is 15.8. The van der Waals surface area contributed by atoms with E-state index < -0.39 is 0 Å². The van der Waals surface area contributed by atoms with Crippen molar-refractivity contribution in [3.05, 3.63) is 95.1 Å². The van der Waals surface area contributed by atoms with Crippen molar-refractivity contribution < 1.29 is 14.9 Å². The van der Waals surface area contributed by atoms with Crippen molar-refractivity contribution in [2.45, 2.75) is 12.8 Å². The van der Waals surface area contributed by atoms with Crippen LogP contribution in [0.3, 0.4) is 0 Å². The molecule has 0 aromatic heterocycles. The maximum absolute atomic E-state index is 9.93. The van der Waals surface area contributed by atoms with Crippen LogP contribution >= 0.6 is 0 Å². The summed E-state index contributed by atoms with van der Waals surface area (Å²) < 4.78 is 6.01. The Morgan fingerprint density at radius 3 is 1.93 bits per heavy atom. The van der Waals surface area contributed by atoms with Gasteiger partial charge in [0, 0.05) is 29.2 Å². The maximum atomic E-state index is 9.93. The minimum absolute atomic E-state index is 0.0465. The number of fused-ring (bicyclic) bond motifs is 3. The zero-order valence-electron chi connectivity index (χ0n) is 14.8. The highest BCUT2D eigenvalue weighted by Crippen LogP contribution is 2.50. The number of hydrogen-bond donors (Lipinski definition) is 2. The van der Waals surface area contributed by atoms with Gasteiger partial charge in [-0.25, -0.2) is 0 Å². The lowest BCUT2D eigenvalue weighted by Crippen LogP contribution is -2.12. The van der Waals surface area contributed by atoms with E-state index in [9.17, 15) is 10.2 Å². The lowest BCUT2D eigenvalue weighted by molar-refractivity contribution is 0.428. The molecule has 5 rings (SSSR count). The number of ether oxygens (including phenoxy) is 1. The van der Waals surface area contributed by atoms with E-state index in [1.807, 2.05) is 12.1 Å². The van der Waals surface area contributed by atoms with Gasteiger partial charge in [-0.05, 0) is 41.0 Å². The molecule has 0 unspecified atom stereocenters. The molecule has 0 radical (unpaired) electrons. The molecular formula is C24H18O3. The van der Waals surface area contributed by atoms with E-state index in [-0.39, 0.29) is 17.4 Å². The molecule has 0 saturated heterocycles. The van der Waals surface area contributed by atoms with Gasteiger partial charge >= 0.3 is 0 Å². The number of aryl methyl sites for hydroxylation is 1. The molecular weight excluding hydrogens is 336 g/mol. The summed E-state index contributed by atoms with van der Waals surface area (Å²) in [6.07, 6.45) is 0. The largest absolute Gasteiger partial charge is 0.508 e. The SMILES string of the molecule is Cc1cccc2cccc(C3c4ccc(O)cc4Oc4cc(O)ccc43)c12. The molecule has 4 aromatic carbocycles.